The van der Waals surface area contributed by atoms with Crippen molar-refractivity contribution >= 4 is 23.7 Å². The van der Waals surface area contributed by atoms with E-state index in [-0.39, 0.29) is 52.9 Å². The van der Waals surface area contributed by atoms with Gasteiger partial charge in [-0.3, -0.25) is 9.79 Å². The molecule has 0 aliphatic carbocycles. The summed E-state index contributed by atoms with van der Waals surface area (Å²) in [5.74, 6) is 0.535. The number of anilines is 1. The second-order valence-electron chi connectivity index (χ2n) is 9.55. The van der Waals surface area contributed by atoms with Crippen LogP contribution in [0.5, 0.6) is 23.0 Å². The standard InChI is InChI=1S/C30H41N3O7/c1-4-20(13-14-34)5-6-21(7-10-24(36)11-8-22-9-12-26(37)27(17-22)39-3)15-23-16-25(33-30(31)32-2)29(38)28(18-23)40-19-35/h7,9-10,12,14,16-18,20-21,35,37-38H,4-6,8,11,13,15,19H2,1-3H3,(H3,31,32,33)/b10-7+/t20-,21-/m1/s1. The van der Waals surface area contributed by atoms with Crippen molar-refractivity contribution in [2.45, 2.75) is 51.9 Å². The van der Waals surface area contributed by atoms with Gasteiger partial charge in [0.05, 0.1) is 12.8 Å². The number of carbonyl (C=O) groups is 2. The molecule has 0 spiro atoms. The number of aldehydes is 1. The third kappa shape index (κ3) is 10.3. The summed E-state index contributed by atoms with van der Waals surface area (Å²) in [6.07, 6.45) is 8.63. The number of benzene rings is 2. The van der Waals surface area contributed by atoms with Gasteiger partial charge in [-0.2, -0.15) is 0 Å². The van der Waals surface area contributed by atoms with Gasteiger partial charge in [0.1, 0.15) is 6.29 Å². The minimum atomic E-state index is -0.623. The number of nitrogens with zero attached hydrogens (tertiary/aromatic N) is 1. The van der Waals surface area contributed by atoms with Gasteiger partial charge in [-0.25, -0.2) is 0 Å². The van der Waals surface area contributed by atoms with Crippen LogP contribution in [0.2, 0.25) is 0 Å². The number of aliphatic imine (C=N–C) groups is 1. The van der Waals surface area contributed by atoms with E-state index in [1.54, 1.807) is 36.4 Å². The van der Waals surface area contributed by atoms with E-state index in [2.05, 4.69) is 17.2 Å². The van der Waals surface area contributed by atoms with Crippen molar-refractivity contribution in [2.75, 3.05) is 26.3 Å². The number of nitrogens with one attached hydrogen (secondary N) is 1. The Balaban J connectivity index is 2.24. The average Bonchev–Trinajstić information content (AvgIpc) is 2.95. The van der Waals surface area contributed by atoms with Gasteiger partial charge in [0, 0.05) is 19.9 Å². The molecule has 10 nitrogen and oxygen atoms in total. The number of aryl methyl sites for hydroxylation is 1. The van der Waals surface area contributed by atoms with Crippen LogP contribution in [0.15, 0.2) is 47.5 Å². The monoisotopic (exact) mass is 555 g/mol. The fourth-order valence-electron chi connectivity index (χ4n) is 4.37. The van der Waals surface area contributed by atoms with Crippen molar-refractivity contribution in [3.05, 3.63) is 53.6 Å². The van der Waals surface area contributed by atoms with Crippen LogP contribution in [0.3, 0.4) is 0 Å². The molecule has 2 aromatic rings. The van der Waals surface area contributed by atoms with Gasteiger partial charge < -0.3 is 40.6 Å². The summed E-state index contributed by atoms with van der Waals surface area (Å²) < 4.78 is 10.3. The highest BCUT2D eigenvalue weighted by Crippen LogP contribution is 2.37. The quantitative estimate of drug-likeness (QED) is 0.0483. The second kappa shape index (κ2) is 16.8. The number of methoxy groups -OCH3 is 1. The molecule has 10 heteroatoms. The third-order valence-electron chi connectivity index (χ3n) is 6.77. The molecule has 0 aromatic heterocycles. The van der Waals surface area contributed by atoms with E-state index in [0.29, 0.717) is 25.0 Å². The van der Waals surface area contributed by atoms with Crippen molar-refractivity contribution in [1.82, 2.24) is 0 Å². The molecule has 0 heterocycles. The highest BCUT2D eigenvalue weighted by Gasteiger charge is 2.17. The SMILES string of the molecule is CC[C@@H](CC=O)CC[C@H](/C=C/C(=O)CCc1ccc(O)c(OC)c1)Cc1cc(NC(N)=NC)c(O)c(OCO)c1. The Hall–Kier alpha value is -4.05. The largest absolute Gasteiger partial charge is 0.504 e. The number of aromatic hydroxyl groups is 2. The molecule has 2 aromatic carbocycles. The molecule has 0 bridgehead atoms. The Morgan fingerprint density at radius 2 is 1.90 bits per heavy atom. The van der Waals surface area contributed by atoms with Crippen LogP contribution in [-0.2, 0) is 22.4 Å². The van der Waals surface area contributed by atoms with E-state index >= 15 is 0 Å². The molecule has 6 N–H and O–H groups in total. The molecule has 0 fully saturated rings. The molecule has 0 radical (unpaired) electrons. The van der Waals surface area contributed by atoms with Crippen molar-refractivity contribution in [2.24, 2.45) is 22.6 Å². The number of phenols is 2. The topological polar surface area (TPSA) is 164 Å². The summed E-state index contributed by atoms with van der Waals surface area (Å²) in [4.78, 5) is 27.7. The first-order valence-electron chi connectivity index (χ1n) is 13.3. The molecule has 218 valence electrons. The number of guanidine groups is 1. The normalized spacial score (nSPS) is 13.2. The van der Waals surface area contributed by atoms with Crippen molar-refractivity contribution in [3.8, 4) is 23.0 Å². The molecule has 0 unspecified atom stereocenters. The van der Waals surface area contributed by atoms with Gasteiger partial charge in [-0.05, 0) is 79.0 Å². The zero-order chi connectivity index (χ0) is 29.5. The van der Waals surface area contributed by atoms with E-state index < -0.39 is 6.79 Å². The molecular formula is C30H41N3O7. The summed E-state index contributed by atoms with van der Waals surface area (Å²) in [5, 5.41) is 32.4. The highest BCUT2D eigenvalue weighted by molar-refractivity contribution is 5.94. The number of carbonyl (C=O) groups excluding carboxylic acids is 2. The first-order valence-corrected chi connectivity index (χ1v) is 13.3. The van der Waals surface area contributed by atoms with E-state index in [1.165, 1.54) is 14.2 Å². The predicted octanol–water partition coefficient (Wildman–Crippen LogP) is 4.10. The second-order valence-corrected chi connectivity index (χ2v) is 9.55. The molecule has 0 saturated carbocycles. The molecule has 0 aliphatic rings. The van der Waals surface area contributed by atoms with Crippen LogP contribution in [0.25, 0.3) is 0 Å². The number of hydrogen-bond donors (Lipinski definition) is 5. The highest BCUT2D eigenvalue weighted by atomic mass is 16.6. The minimum absolute atomic E-state index is 0.0405. The molecule has 0 amide bonds. The number of aliphatic hydroxyl groups excluding tert-OH is 1. The summed E-state index contributed by atoms with van der Waals surface area (Å²) in [6.45, 7) is 1.43. The van der Waals surface area contributed by atoms with Gasteiger partial charge in [-0.1, -0.05) is 25.5 Å². The smallest absolute Gasteiger partial charge is 0.192 e. The van der Waals surface area contributed by atoms with Gasteiger partial charge in [0.25, 0.3) is 0 Å². The zero-order valence-corrected chi connectivity index (χ0v) is 23.4. The van der Waals surface area contributed by atoms with Crippen LogP contribution >= 0.6 is 0 Å². The Morgan fingerprint density at radius 3 is 2.55 bits per heavy atom. The fourth-order valence-corrected chi connectivity index (χ4v) is 4.37. The first-order chi connectivity index (χ1) is 19.2. The van der Waals surface area contributed by atoms with Gasteiger partial charge in [-0.15, -0.1) is 0 Å². The van der Waals surface area contributed by atoms with Crippen LogP contribution < -0.4 is 20.5 Å². The zero-order valence-electron chi connectivity index (χ0n) is 23.4. The maximum Gasteiger partial charge on any atom is 0.192 e. The number of rotatable bonds is 17. The van der Waals surface area contributed by atoms with Crippen LogP contribution in [0.4, 0.5) is 5.69 Å². The maximum atomic E-state index is 12.8. The molecule has 0 saturated heterocycles. The molecule has 40 heavy (non-hydrogen) atoms. The first kappa shape index (κ1) is 32.2. The number of ketones is 1. The summed E-state index contributed by atoms with van der Waals surface area (Å²) in [7, 11) is 2.98. The van der Waals surface area contributed by atoms with E-state index in [0.717, 1.165) is 36.7 Å². The summed E-state index contributed by atoms with van der Waals surface area (Å²) in [5.41, 5.74) is 7.73. The Morgan fingerprint density at radius 1 is 1.15 bits per heavy atom. The van der Waals surface area contributed by atoms with E-state index in [4.69, 9.17) is 15.2 Å². The lowest BCUT2D eigenvalue weighted by Crippen LogP contribution is -2.22. The third-order valence-corrected chi connectivity index (χ3v) is 6.77. The van der Waals surface area contributed by atoms with Crippen LogP contribution in [0, 0.1) is 11.8 Å². The number of phenolic OH excluding ortho intramolecular Hbond substituents is 2. The number of allylic oxidation sites excluding steroid dienone is 2. The fraction of sp³-hybridized carbons (Fsp3) is 0.433. The molecule has 2 rings (SSSR count). The van der Waals surface area contributed by atoms with Crippen LogP contribution in [-0.4, -0.2) is 54.3 Å². The lowest BCUT2D eigenvalue weighted by molar-refractivity contribution is -0.114. The molecular weight excluding hydrogens is 514 g/mol. The lowest BCUT2D eigenvalue weighted by Gasteiger charge is -2.19. The van der Waals surface area contributed by atoms with Gasteiger partial charge >= 0.3 is 0 Å². The minimum Gasteiger partial charge on any atom is -0.504 e. The number of hydrogen-bond acceptors (Lipinski definition) is 8. The number of nitrogens with two attached hydrogens (primary N) is 1. The van der Waals surface area contributed by atoms with Gasteiger partial charge in [0.2, 0.25) is 0 Å². The Bertz CT molecular complexity index is 1180. The van der Waals surface area contributed by atoms with Crippen molar-refractivity contribution in [1.29, 1.82) is 0 Å². The van der Waals surface area contributed by atoms with E-state index in [9.17, 15) is 24.9 Å². The van der Waals surface area contributed by atoms with E-state index in [1.807, 2.05) is 6.08 Å². The maximum absolute atomic E-state index is 12.8. The Labute approximate surface area is 235 Å². The molecule has 0 aliphatic heterocycles. The number of ether oxygens (including phenoxy) is 2. The Kier molecular flexibility index (Phi) is 13.5. The van der Waals surface area contributed by atoms with Crippen molar-refractivity contribution in [3.63, 3.8) is 0 Å². The van der Waals surface area contributed by atoms with Crippen molar-refractivity contribution < 1.29 is 34.4 Å². The number of aliphatic hydroxyl groups is 1. The summed E-state index contributed by atoms with van der Waals surface area (Å²) in [6, 6.07) is 8.38. The van der Waals surface area contributed by atoms with Gasteiger partial charge in [0.15, 0.2) is 41.5 Å². The lowest BCUT2D eigenvalue weighted by atomic mass is 9.88. The predicted molar refractivity (Wildman–Crippen MR) is 155 cm³/mol. The summed E-state index contributed by atoms with van der Waals surface area (Å²) >= 11 is 0. The molecule has 2 atom stereocenters. The van der Waals surface area contributed by atoms with Crippen LogP contribution in [0.1, 0.15) is 50.2 Å². The average molecular weight is 556 g/mol.